The van der Waals surface area contributed by atoms with Crippen LogP contribution < -0.4 is 0 Å². The van der Waals surface area contributed by atoms with Crippen molar-refractivity contribution in [1.29, 1.82) is 0 Å². The summed E-state index contributed by atoms with van der Waals surface area (Å²) in [5.74, 6) is 0.705. The molecule has 2 aromatic heterocycles. The topological polar surface area (TPSA) is 51.0 Å². The van der Waals surface area contributed by atoms with Gasteiger partial charge in [0.05, 0.1) is 11.4 Å². The van der Waals surface area contributed by atoms with Crippen LogP contribution in [0.5, 0.6) is 0 Å². The van der Waals surface area contributed by atoms with Gasteiger partial charge in [0.25, 0.3) is 0 Å². The molecule has 1 aliphatic heterocycles. The minimum absolute atomic E-state index is 0.705. The Kier molecular flexibility index (Phi) is 7.49. The van der Waals surface area contributed by atoms with Gasteiger partial charge in [-0.3, -0.25) is 9.98 Å². The maximum atomic E-state index is 5.11. The van der Waals surface area contributed by atoms with Crippen LogP contribution in [0.1, 0.15) is 43.3 Å². The lowest BCUT2D eigenvalue weighted by atomic mass is 9.99. The lowest BCUT2D eigenvalue weighted by Gasteiger charge is -2.12. The molecule has 1 aliphatic carbocycles. The molecule has 0 fully saturated rings. The number of hydrogen-bond acceptors (Lipinski definition) is 4. The molecule has 0 N–H and O–H groups in total. The number of rotatable bonds is 6. The average molecular weight is 519 g/mol. The van der Waals surface area contributed by atoms with Crippen molar-refractivity contribution in [2.75, 3.05) is 0 Å². The minimum atomic E-state index is 0.705. The van der Waals surface area contributed by atoms with Crippen LogP contribution in [-0.2, 0) is 0 Å². The number of aliphatic imine (C=N–C) groups is 1. The molecule has 0 unspecified atom stereocenters. The molecule has 4 aromatic rings. The predicted octanol–water partition coefficient (Wildman–Crippen LogP) is 8.78. The van der Waals surface area contributed by atoms with Crippen LogP contribution in [0.25, 0.3) is 39.1 Å². The normalized spacial score (nSPS) is 14.9. The fourth-order valence-electron chi connectivity index (χ4n) is 4.90. The summed E-state index contributed by atoms with van der Waals surface area (Å²) in [5.41, 5.74) is 10.4. The van der Waals surface area contributed by atoms with Crippen LogP contribution in [-0.4, -0.2) is 21.2 Å². The fraction of sp³-hybridized carbons (Fsp3) is 0.111. The third-order valence-electron chi connectivity index (χ3n) is 7.08. The van der Waals surface area contributed by atoms with Gasteiger partial charge in [-0.05, 0) is 59.4 Å². The molecule has 2 aliphatic rings. The summed E-state index contributed by atoms with van der Waals surface area (Å²) in [6.07, 6.45) is 21.2. The number of nitrogens with zero attached hydrogens (tertiary/aromatic N) is 4. The zero-order chi connectivity index (χ0) is 27.1. The molecule has 0 saturated heterocycles. The van der Waals surface area contributed by atoms with E-state index in [1.54, 1.807) is 0 Å². The van der Waals surface area contributed by atoms with Crippen molar-refractivity contribution in [1.82, 2.24) is 15.0 Å². The summed E-state index contributed by atoms with van der Waals surface area (Å²) in [7, 11) is 0. The van der Waals surface area contributed by atoms with Crippen LogP contribution in [0.15, 0.2) is 132 Å². The number of pyridine rings is 1. The first-order valence-corrected chi connectivity index (χ1v) is 13.7. The molecule has 6 rings (SSSR count). The number of aromatic nitrogens is 3. The Balaban J connectivity index is 1.50. The molecule has 194 valence electrons. The van der Waals surface area contributed by atoms with E-state index in [4.69, 9.17) is 9.97 Å². The number of benzene rings is 2. The Hall–Kier alpha value is -4.96. The zero-order valence-electron chi connectivity index (χ0n) is 22.5. The van der Waals surface area contributed by atoms with Crippen LogP contribution >= 0.6 is 0 Å². The van der Waals surface area contributed by atoms with Crippen molar-refractivity contribution in [3.8, 4) is 22.4 Å². The average Bonchev–Trinajstić information content (AvgIpc) is 3.43. The standard InChI is InChI=1S/C36H30N4/c1-2-26-11-9-10-16-30(19-26)36-39-34(32-20-29(17-18-37-24-32)27-12-5-3-6-13-27)22-35(40-36)33-21-31(23-38-25-33)28-14-7-4-8-15-28/h3-9,11-16,18-25H,2,10,17H2,1H3. The van der Waals surface area contributed by atoms with Crippen LogP contribution in [0.2, 0.25) is 0 Å². The Morgan fingerprint density at radius 2 is 1.48 bits per heavy atom. The van der Waals surface area contributed by atoms with Gasteiger partial charge in [0.2, 0.25) is 0 Å². The SMILES string of the molecule is CCC1=CC(c2nc(C3=CN=CCC(c4ccccc4)=C3)cc(-c3cncc(-c4ccccc4)c3)n2)=CCC=C1. The second-order valence-electron chi connectivity index (χ2n) is 9.82. The third kappa shape index (κ3) is 5.71. The van der Waals surface area contributed by atoms with Gasteiger partial charge in [-0.15, -0.1) is 0 Å². The van der Waals surface area contributed by atoms with Gasteiger partial charge >= 0.3 is 0 Å². The summed E-state index contributed by atoms with van der Waals surface area (Å²) < 4.78 is 0. The number of hydrogen-bond donors (Lipinski definition) is 0. The minimum Gasteiger partial charge on any atom is -0.268 e. The predicted molar refractivity (Wildman–Crippen MR) is 166 cm³/mol. The molecule has 2 aromatic carbocycles. The molecule has 4 nitrogen and oxygen atoms in total. The van der Waals surface area contributed by atoms with E-state index in [9.17, 15) is 0 Å². The highest BCUT2D eigenvalue weighted by atomic mass is 14.9. The highest BCUT2D eigenvalue weighted by Crippen LogP contribution is 2.31. The summed E-state index contributed by atoms with van der Waals surface area (Å²) in [4.78, 5) is 19.4. The van der Waals surface area contributed by atoms with Gasteiger partial charge in [-0.2, -0.15) is 0 Å². The summed E-state index contributed by atoms with van der Waals surface area (Å²) in [6, 6.07) is 25.0. The first kappa shape index (κ1) is 25.3. The van der Waals surface area contributed by atoms with Crippen molar-refractivity contribution in [3.05, 3.63) is 144 Å². The second kappa shape index (κ2) is 11.8. The van der Waals surface area contributed by atoms with Gasteiger partial charge in [0, 0.05) is 53.5 Å². The first-order chi connectivity index (χ1) is 19.8. The van der Waals surface area contributed by atoms with Crippen molar-refractivity contribution in [2.45, 2.75) is 26.2 Å². The molecule has 0 amide bonds. The van der Waals surface area contributed by atoms with Gasteiger partial charge in [0.1, 0.15) is 0 Å². The second-order valence-corrected chi connectivity index (χ2v) is 9.82. The Morgan fingerprint density at radius 3 is 2.27 bits per heavy atom. The van der Waals surface area contributed by atoms with Crippen molar-refractivity contribution < 1.29 is 0 Å². The summed E-state index contributed by atoms with van der Waals surface area (Å²) in [5, 5.41) is 0. The van der Waals surface area contributed by atoms with Crippen LogP contribution in [0.4, 0.5) is 0 Å². The summed E-state index contributed by atoms with van der Waals surface area (Å²) in [6.45, 7) is 2.17. The largest absolute Gasteiger partial charge is 0.268 e. The van der Waals surface area contributed by atoms with E-state index >= 15 is 0 Å². The molecule has 0 spiro atoms. The Labute approximate surface area is 235 Å². The quantitative estimate of drug-likeness (QED) is 0.256. The van der Waals surface area contributed by atoms with E-state index < -0.39 is 0 Å². The van der Waals surface area contributed by atoms with Gasteiger partial charge in [-0.1, -0.05) is 85.8 Å². The number of allylic oxidation sites excluding steroid dienone is 9. The molecule has 0 atom stereocenters. The van der Waals surface area contributed by atoms with E-state index in [2.05, 4.69) is 95.8 Å². The lowest BCUT2D eigenvalue weighted by molar-refractivity contribution is 1.10. The first-order valence-electron chi connectivity index (χ1n) is 13.7. The fourth-order valence-corrected chi connectivity index (χ4v) is 4.90. The third-order valence-corrected chi connectivity index (χ3v) is 7.08. The van der Waals surface area contributed by atoms with Crippen molar-refractivity contribution in [2.24, 2.45) is 4.99 Å². The maximum Gasteiger partial charge on any atom is 0.160 e. The highest BCUT2D eigenvalue weighted by Gasteiger charge is 2.15. The lowest BCUT2D eigenvalue weighted by Crippen LogP contribution is -2.01. The Morgan fingerprint density at radius 1 is 0.725 bits per heavy atom. The molecule has 3 heterocycles. The van der Waals surface area contributed by atoms with Crippen molar-refractivity contribution >= 4 is 22.9 Å². The molecule has 0 radical (unpaired) electrons. The molecule has 0 bridgehead atoms. The smallest absolute Gasteiger partial charge is 0.160 e. The molecular weight excluding hydrogens is 488 g/mol. The monoisotopic (exact) mass is 518 g/mol. The summed E-state index contributed by atoms with van der Waals surface area (Å²) >= 11 is 0. The van der Waals surface area contributed by atoms with E-state index in [0.717, 1.165) is 58.5 Å². The highest BCUT2D eigenvalue weighted by molar-refractivity contribution is 5.91. The van der Waals surface area contributed by atoms with Gasteiger partial charge in [0.15, 0.2) is 5.82 Å². The maximum absolute atomic E-state index is 5.11. The molecule has 0 saturated carbocycles. The van der Waals surface area contributed by atoms with Crippen LogP contribution in [0, 0.1) is 0 Å². The van der Waals surface area contributed by atoms with Gasteiger partial charge in [-0.25, -0.2) is 9.97 Å². The van der Waals surface area contributed by atoms with E-state index in [-0.39, 0.29) is 0 Å². The molecule has 40 heavy (non-hydrogen) atoms. The zero-order valence-corrected chi connectivity index (χ0v) is 22.5. The van der Waals surface area contributed by atoms with E-state index in [1.807, 2.05) is 49.1 Å². The Bertz CT molecular complexity index is 1700. The molecule has 4 heteroatoms. The van der Waals surface area contributed by atoms with Crippen molar-refractivity contribution in [3.63, 3.8) is 0 Å². The van der Waals surface area contributed by atoms with E-state index in [0.29, 0.717) is 5.82 Å². The van der Waals surface area contributed by atoms with Crippen LogP contribution in [0.3, 0.4) is 0 Å². The van der Waals surface area contributed by atoms with Gasteiger partial charge < -0.3 is 0 Å². The molecular formula is C36H30N4. The van der Waals surface area contributed by atoms with E-state index in [1.165, 1.54) is 16.7 Å².